The number of sulfonamides is 1. The van der Waals surface area contributed by atoms with E-state index in [1.807, 2.05) is 0 Å². The number of nitrogens with zero attached hydrogens (tertiary/aromatic N) is 1. The summed E-state index contributed by atoms with van der Waals surface area (Å²) in [5, 5.41) is 0.492. The number of hydrogen-bond acceptors (Lipinski definition) is 3. The van der Waals surface area contributed by atoms with Crippen LogP contribution in [0.25, 0.3) is 0 Å². The molecule has 0 N–H and O–H groups in total. The zero-order valence-corrected chi connectivity index (χ0v) is 13.4. The van der Waals surface area contributed by atoms with Crippen LogP contribution >= 0.6 is 23.2 Å². The fourth-order valence-electron chi connectivity index (χ4n) is 1.84. The summed E-state index contributed by atoms with van der Waals surface area (Å²) in [5.41, 5.74) is 0. The van der Waals surface area contributed by atoms with Gasteiger partial charge in [-0.25, -0.2) is 8.42 Å². The molecule has 0 bridgehead atoms. The molecule has 0 heterocycles. The Kier molecular flexibility index (Phi) is 6.08. The SMILES string of the molecule is CCN([C@H](C)COC)S(=O)(=O)c1cc(Cl)ccc1Cl. The number of methoxy groups -OCH3 is 1. The molecular weight excluding hydrogens is 309 g/mol. The van der Waals surface area contributed by atoms with Crippen LogP contribution in [0.4, 0.5) is 0 Å². The van der Waals surface area contributed by atoms with Crippen molar-refractivity contribution in [2.45, 2.75) is 24.8 Å². The Bertz CT molecular complexity index is 534. The molecule has 0 saturated carbocycles. The van der Waals surface area contributed by atoms with Crippen molar-refractivity contribution in [3.8, 4) is 0 Å². The molecule has 7 heteroatoms. The normalized spacial score (nSPS) is 13.8. The molecular formula is C12H17Cl2NO3S. The molecule has 0 aliphatic rings. The zero-order valence-electron chi connectivity index (χ0n) is 11.1. The number of benzene rings is 1. The Morgan fingerprint density at radius 2 is 2.00 bits per heavy atom. The van der Waals surface area contributed by atoms with Crippen molar-refractivity contribution in [2.24, 2.45) is 0 Å². The highest BCUT2D eigenvalue weighted by Gasteiger charge is 2.29. The number of hydrogen-bond donors (Lipinski definition) is 0. The lowest BCUT2D eigenvalue weighted by molar-refractivity contribution is 0.142. The smallest absolute Gasteiger partial charge is 0.244 e. The maximum absolute atomic E-state index is 12.6. The second-order valence-electron chi connectivity index (χ2n) is 4.09. The van der Waals surface area contributed by atoms with E-state index in [2.05, 4.69) is 0 Å². The summed E-state index contributed by atoms with van der Waals surface area (Å²) in [7, 11) is -2.16. The third kappa shape index (κ3) is 3.83. The van der Waals surface area contributed by atoms with Crippen molar-refractivity contribution in [3.63, 3.8) is 0 Å². The van der Waals surface area contributed by atoms with E-state index >= 15 is 0 Å². The average Bonchev–Trinajstić information content (AvgIpc) is 2.33. The number of rotatable bonds is 6. The van der Waals surface area contributed by atoms with E-state index < -0.39 is 10.0 Å². The lowest BCUT2D eigenvalue weighted by atomic mass is 10.3. The lowest BCUT2D eigenvalue weighted by Gasteiger charge is -2.27. The van der Waals surface area contributed by atoms with Crippen molar-refractivity contribution in [1.82, 2.24) is 4.31 Å². The summed E-state index contributed by atoms with van der Waals surface area (Å²) in [4.78, 5) is 0.0199. The van der Waals surface area contributed by atoms with Crippen LogP contribution in [0.15, 0.2) is 23.1 Å². The van der Waals surface area contributed by atoms with Gasteiger partial charge in [-0.15, -0.1) is 0 Å². The molecule has 4 nitrogen and oxygen atoms in total. The van der Waals surface area contributed by atoms with Crippen molar-refractivity contribution in [2.75, 3.05) is 20.3 Å². The lowest BCUT2D eigenvalue weighted by Crippen LogP contribution is -2.40. The molecule has 108 valence electrons. The molecule has 0 aliphatic heterocycles. The summed E-state index contributed by atoms with van der Waals surface area (Å²) in [6.07, 6.45) is 0. The Morgan fingerprint density at radius 3 is 2.53 bits per heavy atom. The summed E-state index contributed by atoms with van der Waals surface area (Å²) < 4.78 is 31.5. The molecule has 0 aromatic heterocycles. The molecule has 1 rings (SSSR count). The van der Waals surface area contributed by atoms with Crippen LogP contribution in [-0.2, 0) is 14.8 Å². The van der Waals surface area contributed by atoms with Crippen LogP contribution < -0.4 is 0 Å². The van der Waals surface area contributed by atoms with Gasteiger partial charge in [0.1, 0.15) is 4.90 Å². The minimum absolute atomic E-state index is 0.0199. The second kappa shape index (κ2) is 6.90. The van der Waals surface area contributed by atoms with Gasteiger partial charge in [0.05, 0.1) is 11.6 Å². The first-order chi connectivity index (χ1) is 8.84. The van der Waals surface area contributed by atoms with Gasteiger partial charge in [0.2, 0.25) is 10.0 Å². The molecule has 0 spiro atoms. The maximum Gasteiger partial charge on any atom is 0.244 e. The van der Waals surface area contributed by atoms with E-state index in [9.17, 15) is 8.42 Å². The molecule has 0 unspecified atom stereocenters. The van der Waals surface area contributed by atoms with Crippen molar-refractivity contribution < 1.29 is 13.2 Å². The minimum Gasteiger partial charge on any atom is -0.383 e. The van der Waals surface area contributed by atoms with Gasteiger partial charge < -0.3 is 4.74 Å². The third-order valence-corrected chi connectivity index (χ3v) is 5.50. The first-order valence-corrected chi connectivity index (χ1v) is 8.00. The second-order valence-corrected chi connectivity index (χ2v) is 6.79. The van der Waals surface area contributed by atoms with Crippen LogP contribution in [0.5, 0.6) is 0 Å². The first kappa shape index (κ1) is 16.7. The largest absolute Gasteiger partial charge is 0.383 e. The molecule has 1 aromatic rings. The van der Waals surface area contributed by atoms with Crippen LogP contribution in [0.1, 0.15) is 13.8 Å². The van der Waals surface area contributed by atoms with Crippen LogP contribution in [0, 0.1) is 0 Å². The Hall–Kier alpha value is -0.330. The van der Waals surface area contributed by atoms with E-state index in [1.54, 1.807) is 19.9 Å². The molecule has 0 fully saturated rings. The molecule has 0 aliphatic carbocycles. The van der Waals surface area contributed by atoms with E-state index in [4.69, 9.17) is 27.9 Å². The van der Waals surface area contributed by atoms with Gasteiger partial charge in [0.25, 0.3) is 0 Å². The van der Waals surface area contributed by atoms with E-state index in [-0.39, 0.29) is 16.0 Å². The molecule has 0 radical (unpaired) electrons. The van der Waals surface area contributed by atoms with Crippen molar-refractivity contribution >= 4 is 33.2 Å². The highest BCUT2D eigenvalue weighted by atomic mass is 35.5. The number of likely N-dealkylation sites (N-methyl/N-ethyl adjacent to an activating group) is 1. The summed E-state index contributed by atoms with van der Waals surface area (Å²) >= 11 is 11.8. The van der Waals surface area contributed by atoms with Gasteiger partial charge in [-0.3, -0.25) is 0 Å². The fourth-order valence-corrected chi connectivity index (χ4v) is 4.21. The van der Waals surface area contributed by atoms with Gasteiger partial charge >= 0.3 is 0 Å². The topological polar surface area (TPSA) is 46.6 Å². The minimum atomic E-state index is -3.69. The van der Waals surface area contributed by atoms with Crippen LogP contribution in [-0.4, -0.2) is 39.0 Å². The predicted molar refractivity (Wildman–Crippen MR) is 77.4 cm³/mol. The van der Waals surface area contributed by atoms with Gasteiger partial charge in [-0.05, 0) is 25.1 Å². The summed E-state index contributed by atoms with van der Waals surface area (Å²) in [6.45, 7) is 4.19. The van der Waals surface area contributed by atoms with Crippen LogP contribution in [0.2, 0.25) is 10.0 Å². The quantitative estimate of drug-likeness (QED) is 0.807. The molecule has 0 saturated heterocycles. The Morgan fingerprint density at radius 1 is 1.37 bits per heavy atom. The molecule has 1 aromatic carbocycles. The van der Waals surface area contributed by atoms with E-state index in [0.717, 1.165) is 0 Å². The van der Waals surface area contributed by atoms with Gasteiger partial charge in [-0.2, -0.15) is 4.31 Å². The summed E-state index contributed by atoms with van der Waals surface area (Å²) in [5.74, 6) is 0. The standard InChI is InChI=1S/C12H17Cl2NO3S/c1-4-15(9(2)8-18-3)19(16,17)12-7-10(13)5-6-11(12)14/h5-7,9H,4,8H2,1-3H3/t9-/m1/s1. The highest BCUT2D eigenvalue weighted by Crippen LogP contribution is 2.28. The van der Waals surface area contributed by atoms with Crippen molar-refractivity contribution in [3.05, 3.63) is 28.2 Å². The monoisotopic (exact) mass is 325 g/mol. The van der Waals surface area contributed by atoms with E-state index in [1.165, 1.54) is 23.5 Å². The molecule has 1 atom stereocenters. The van der Waals surface area contributed by atoms with Crippen LogP contribution in [0.3, 0.4) is 0 Å². The fraction of sp³-hybridized carbons (Fsp3) is 0.500. The molecule has 0 amide bonds. The van der Waals surface area contributed by atoms with E-state index in [0.29, 0.717) is 18.2 Å². The number of halogens is 2. The van der Waals surface area contributed by atoms with Crippen molar-refractivity contribution in [1.29, 1.82) is 0 Å². The predicted octanol–water partition coefficient (Wildman–Crippen LogP) is 3.04. The maximum atomic E-state index is 12.6. The number of ether oxygens (including phenoxy) is 1. The van der Waals surface area contributed by atoms with Gasteiger partial charge in [0.15, 0.2) is 0 Å². The average molecular weight is 326 g/mol. The Balaban J connectivity index is 3.24. The van der Waals surface area contributed by atoms with Gasteiger partial charge in [-0.1, -0.05) is 30.1 Å². The zero-order chi connectivity index (χ0) is 14.6. The first-order valence-electron chi connectivity index (χ1n) is 5.80. The highest BCUT2D eigenvalue weighted by molar-refractivity contribution is 7.89. The third-order valence-electron chi connectivity index (χ3n) is 2.69. The Labute approximate surface area is 124 Å². The summed E-state index contributed by atoms with van der Waals surface area (Å²) in [6, 6.07) is 4.11. The van der Waals surface area contributed by atoms with Gasteiger partial charge in [0, 0.05) is 24.7 Å². The molecule has 19 heavy (non-hydrogen) atoms.